The lowest BCUT2D eigenvalue weighted by Gasteiger charge is -2.63. The molecule has 0 spiro atoms. The summed E-state index contributed by atoms with van der Waals surface area (Å²) in [6.07, 6.45) is 10.2. The molecule has 4 aliphatic rings. The molecule has 0 bridgehead atoms. The standard InChI is InChI=1S/C21H28ClN3O2/c1-19-9-7-14(26)11-13(19)3-4-15-16(19)8-10-20(2)17(15)5-6-18(22)21(20,27)12-24-25-23/h6,11,15-17,27H,3-5,7-10,12H2,1-2H3/t15-,16+,17+,19+,20+,21+/m1/s1. The van der Waals surface area contributed by atoms with E-state index >= 15 is 0 Å². The Kier molecular flexibility index (Phi) is 4.49. The summed E-state index contributed by atoms with van der Waals surface area (Å²) in [5, 5.41) is 15.7. The van der Waals surface area contributed by atoms with E-state index in [1.807, 2.05) is 12.2 Å². The monoisotopic (exact) mass is 389 g/mol. The SMILES string of the molecule is C[C@]12CCC(=O)C=C1CC[C@@H]1[C@@H]2CC[C@@]2(C)[C@H]1CC=C(Cl)[C@@]2(O)CN=[N+]=[N-]. The molecule has 0 aromatic carbocycles. The molecule has 146 valence electrons. The van der Waals surface area contributed by atoms with Crippen LogP contribution in [0.25, 0.3) is 10.4 Å². The summed E-state index contributed by atoms with van der Waals surface area (Å²) in [6, 6.07) is 0. The van der Waals surface area contributed by atoms with E-state index in [9.17, 15) is 9.90 Å². The first-order chi connectivity index (χ1) is 12.8. The maximum absolute atomic E-state index is 11.9. The van der Waals surface area contributed by atoms with Crippen molar-refractivity contribution in [3.05, 3.63) is 33.2 Å². The van der Waals surface area contributed by atoms with Crippen LogP contribution in [0.5, 0.6) is 0 Å². The molecule has 0 amide bonds. The quantitative estimate of drug-likeness (QED) is 0.395. The highest BCUT2D eigenvalue weighted by atomic mass is 35.5. The molecule has 5 nitrogen and oxygen atoms in total. The minimum absolute atomic E-state index is 0.0137. The van der Waals surface area contributed by atoms with Crippen molar-refractivity contribution < 1.29 is 9.90 Å². The van der Waals surface area contributed by atoms with Crippen molar-refractivity contribution in [3.8, 4) is 0 Å². The van der Waals surface area contributed by atoms with Gasteiger partial charge in [0.2, 0.25) is 0 Å². The molecule has 0 radical (unpaired) electrons. The summed E-state index contributed by atoms with van der Waals surface area (Å²) in [4.78, 5) is 14.8. The molecule has 0 aliphatic heterocycles. The van der Waals surface area contributed by atoms with Crippen molar-refractivity contribution in [2.45, 2.75) is 64.4 Å². The molecule has 4 rings (SSSR count). The third-order valence-corrected chi connectivity index (χ3v) is 9.07. The highest BCUT2D eigenvalue weighted by molar-refractivity contribution is 6.30. The fourth-order valence-electron chi connectivity index (χ4n) is 6.89. The highest BCUT2D eigenvalue weighted by Crippen LogP contribution is 2.66. The van der Waals surface area contributed by atoms with Crippen molar-refractivity contribution in [2.24, 2.45) is 33.7 Å². The maximum atomic E-state index is 11.9. The zero-order valence-corrected chi connectivity index (χ0v) is 16.9. The Bertz CT molecular complexity index is 786. The van der Waals surface area contributed by atoms with Crippen molar-refractivity contribution in [1.82, 2.24) is 0 Å². The van der Waals surface area contributed by atoms with Crippen LogP contribution in [0.1, 0.15) is 58.8 Å². The first kappa shape index (κ1) is 19.0. The molecule has 0 saturated heterocycles. The van der Waals surface area contributed by atoms with Crippen molar-refractivity contribution >= 4 is 17.4 Å². The summed E-state index contributed by atoms with van der Waals surface area (Å²) < 4.78 is 0. The van der Waals surface area contributed by atoms with Gasteiger partial charge in [-0.15, -0.1) is 0 Å². The Morgan fingerprint density at radius 1 is 1.30 bits per heavy atom. The largest absolute Gasteiger partial charge is 0.384 e. The number of hydrogen-bond acceptors (Lipinski definition) is 3. The predicted molar refractivity (Wildman–Crippen MR) is 105 cm³/mol. The molecule has 0 aromatic heterocycles. The zero-order chi connectivity index (χ0) is 19.4. The van der Waals surface area contributed by atoms with Crippen LogP contribution in [0.4, 0.5) is 0 Å². The second kappa shape index (κ2) is 6.37. The summed E-state index contributed by atoms with van der Waals surface area (Å²) in [7, 11) is 0. The molecule has 0 heterocycles. The number of allylic oxidation sites excluding steroid dienone is 3. The minimum atomic E-state index is -1.28. The molecule has 6 atom stereocenters. The Hall–Kier alpha value is -1.29. The third kappa shape index (κ3) is 2.55. The summed E-state index contributed by atoms with van der Waals surface area (Å²) in [6.45, 7) is 4.47. The van der Waals surface area contributed by atoms with Crippen LogP contribution >= 0.6 is 11.6 Å². The second-order valence-corrected chi connectivity index (χ2v) is 9.87. The minimum Gasteiger partial charge on any atom is -0.384 e. The normalized spacial score (nSPS) is 46.2. The van der Waals surface area contributed by atoms with Crippen LogP contribution in [0.2, 0.25) is 0 Å². The van der Waals surface area contributed by atoms with Gasteiger partial charge in [-0.05, 0) is 73.3 Å². The molecule has 2 fully saturated rings. The van der Waals surface area contributed by atoms with Crippen molar-refractivity contribution in [1.29, 1.82) is 0 Å². The average molecular weight is 390 g/mol. The van der Waals surface area contributed by atoms with E-state index in [1.165, 1.54) is 5.57 Å². The van der Waals surface area contributed by atoms with Crippen LogP contribution in [0.15, 0.2) is 27.9 Å². The smallest absolute Gasteiger partial charge is 0.155 e. The fourth-order valence-corrected chi connectivity index (χ4v) is 7.25. The van der Waals surface area contributed by atoms with E-state index in [1.54, 1.807) is 0 Å². The third-order valence-electron chi connectivity index (χ3n) is 8.61. The van der Waals surface area contributed by atoms with E-state index in [4.69, 9.17) is 17.1 Å². The first-order valence-electron chi connectivity index (χ1n) is 10.1. The van der Waals surface area contributed by atoms with E-state index in [2.05, 4.69) is 23.9 Å². The number of aliphatic hydroxyl groups is 1. The number of nitrogens with zero attached hydrogens (tertiary/aromatic N) is 3. The van der Waals surface area contributed by atoms with Crippen molar-refractivity contribution in [3.63, 3.8) is 0 Å². The summed E-state index contributed by atoms with van der Waals surface area (Å²) in [5.41, 5.74) is 8.57. The summed E-state index contributed by atoms with van der Waals surface area (Å²) >= 11 is 6.48. The Balaban J connectivity index is 1.72. The van der Waals surface area contributed by atoms with Crippen LogP contribution < -0.4 is 0 Å². The van der Waals surface area contributed by atoms with Gasteiger partial charge in [-0.2, -0.15) is 0 Å². The molecule has 4 aliphatic carbocycles. The van der Waals surface area contributed by atoms with E-state index in [0.29, 0.717) is 29.2 Å². The molecule has 0 aromatic rings. The van der Waals surface area contributed by atoms with E-state index in [0.717, 1.165) is 38.5 Å². The molecule has 0 unspecified atom stereocenters. The Labute approximate surface area is 165 Å². The molecular formula is C21H28ClN3O2. The van der Waals surface area contributed by atoms with Crippen LogP contribution in [0, 0.1) is 28.6 Å². The first-order valence-corrected chi connectivity index (χ1v) is 10.5. The molecular weight excluding hydrogens is 362 g/mol. The van der Waals surface area contributed by atoms with Crippen molar-refractivity contribution in [2.75, 3.05) is 6.54 Å². The number of fused-ring (bicyclic) bond motifs is 5. The maximum Gasteiger partial charge on any atom is 0.155 e. The van der Waals surface area contributed by atoms with Crippen LogP contribution in [-0.2, 0) is 4.79 Å². The van der Waals surface area contributed by atoms with Gasteiger partial charge in [0.25, 0.3) is 0 Å². The topological polar surface area (TPSA) is 86.1 Å². The lowest BCUT2D eigenvalue weighted by atomic mass is 9.43. The van der Waals surface area contributed by atoms with Gasteiger partial charge in [-0.25, -0.2) is 0 Å². The van der Waals surface area contributed by atoms with Gasteiger partial charge < -0.3 is 5.11 Å². The molecule has 6 heteroatoms. The van der Waals surface area contributed by atoms with Crippen LogP contribution in [0.3, 0.4) is 0 Å². The number of hydrogen-bond donors (Lipinski definition) is 1. The van der Waals surface area contributed by atoms with Gasteiger partial charge in [0.15, 0.2) is 5.78 Å². The highest BCUT2D eigenvalue weighted by Gasteiger charge is 2.62. The Morgan fingerprint density at radius 3 is 2.81 bits per heavy atom. The number of rotatable bonds is 2. The zero-order valence-electron chi connectivity index (χ0n) is 16.1. The van der Waals surface area contributed by atoms with E-state index < -0.39 is 11.0 Å². The lowest BCUT2D eigenvalue weighted by molar-refractivity contribution is -0.146. The summed E-state index contributed by atoms with van der Waals surface area (Å²) in [5.74, 6) is 1.63. The molecule has 1 N–H and O–H groups in total. The van der Waals surface area contributed by atoms with Gasteiger partial charge in [-0.3, -0.25) is 4.79 Å². The van der Waals surface area contributed by atoms with Gasteiger partial charge >= 0.3 is 0 Å². The number of ketones is 1. The lowest BCUT2D eigenvalue weighted by Crippen LogP contribution is -2.61. The number of azide groups is 1. The molecule has 2 saturated carbocycles. The van der Waals surface area contributed by atoms with Gasteiger partial charge in [0, 0.05) is 21.8 Å². The average Bonchev–Trinajstić information content (AvgIpc) is 2.64. The predicted octanol–water partition coefficient (Wildman–Crippen LogP) is 5.29. The van der Waals surface area contributed by atoms with Gasteiger partial charge in [-0.1, -0.05) is 42.2 Å². The number of halogens is 1. The second-order valence-electron chi connectivity index (χ2n) is 9.46. The molecule has 27 heavy (non-hydrogen) atoms. The van der Waals surface area contributed by atoms with Crippen LogP contribution in [-0.4, -0.2) is 23.0 Å². The van der Waals surface area contributed by atoms with Gasteiger partial charge in [0.05, 0.1) is 6.54 Å². The number of carbonyl (C=O) groups excluding carboxylic acids is 1. The number of carbonyl (C=O) groups is 1. The fraction of sp³-hybridized carbons (Fsp3) is 0.762. The Morgan fingerprint density at radius 2 is 2.07 bits per heavy atom. The van der Waals surface area contributed by atoms with Gasteiger partial charge in [0.1, 0.15) is 5.60 Å². The van der Waals surface area contributed by atoms with E-state index in [-0.39, 0.29) is 17.7 Å².